The standard InChI is InChI=1S/2C23H20FNO3.2ClH/c24-19-7-3-1-5-16(19)17-6-2-4-8-21(17)28-15-11-9-14-10-12-20(25)22(23(26)27)18(14)13-15;24-20-7-3-1-5-18(20)19-6-2-4-8-21(19)28-17-10-9-15-11-12-23(25,22(26)27)14-16(15)13-17;;/h1-9,11,13,20,22H,10,12,25H2,(H,26,27);1-10,13H,11-12,14,25H2,(H,26,27);2*1H. The summed E-state index contributed by atoms with van der Waals surface area (Å²) in [6.07, 6.45) is 3.12. The maximum atomic E-state index is 14.3. The number of fused-ring (bicyclic) bond motifs is 2. The monoisotopic (exact) mass is 826 g/mol. The van der Waals surface area contributed by atoms with Crippen molar-refractivity contribution in [2.45, 2.75) is 49.6 Å². The number of carboxylic acids is 2. The van der Waals surface area contributed by atoms with Crippen LogP contribution in [0.5, 0.6) is 23.0 Å². The molecule has 12 heteroatoms. The SMILES string of the molecule is [Cl-].[Cl-].[NH3+]C1(C(=O)O)CCc2ccc(Oc3ccccc3-c3ccccc3F)cc2C1.[NH3+]C1CCc2ccc(Oc3ccccc3-c3ccccc3F)cc2C1C(=O)O. The van der Waals surface area contributed by atoms with Crippen LogP contribution in [0, 0.1) is 11.6 Å². The molecule has 8 N–H and O–H groups in total. The molecule has 2 aliphatic carbocycles. The molecule has 0 fully saturated rings. The zero-order valence-electron chi connectivity index (χ0n) is 31.3. The predicted octanol–water partition coefficient (Wildman–Crippen LogP) is 1.86. The summed E-state index contributed by atoms with van der Waals surface area (Å²) in [7, 11) is 0. The van der Waals surface area contributed by atoms with Crippen LogP contribution >= 0.6 is 0 Å². The molecule has 0 saturated heterocycles. The van der Waals surface area contributed by atoms with Gasteiger partial charge in [0.1, 0.15) is 46.6 Å². The first-order valence-corrected chi connectivity index (χ1v) is 18.4. The quantitative estimate of drug-likeness (QED) is 0.184. The summed E-state index contributed by atoms with van der Waals surface area (Å²) in [5.74, 6) is -0.848. The van der Waals surface area contributed by atoms with Gasteiger partial charge in [-0.25, -0.2) is 13.6 Å². The van der Waals surface area contributed by atoms with Gasteiger partial charge in [-0.3, -0.25) is 4.79 Å². The number of quaternary nitrogens is 2. The lowest BCUT2D eigenvalue weighted by molar-refractivity contribution is -0.464. The van der Waals surface area contributed by atoms with E-state index in [9.17, 15) is 28.6 Å². The van der Waals surface area contributed by atoms with Crippen molar-refractivity contribution in [3.05, 3.63) is 167 Å². The number of halogens is 4. The van der Waals surface area contributed by atoms with Crippen LogP contribution in [0.2, 0.25) is 0 Å². The fraction of sp³-hybridized carbons (Fsp3) is 0.174. The van der Waals surface area contributed by atoms with E-state index in [0.717, 1.165) is 35.1 Å². The summed E-state index contributed by atoms with van der Waals surface area (Å²) >= 11 is 0. The summed E-state index contributed by atoms with van der Waals surface area (Å²) < 4.78 is 40.7. The van der Waals surface area contributed by atoms with Gasteiger partial charge in [-0.05, 0) is 83.6 Å². The van der Waals surface area contributed by atoms with Crippen LogP contribution < -0.4 is 45.8 Å². The molecular weight excluding hydrogens is 785 g/mol. The molecule has 6 aromatic rings. The Bertz CT molecular complexity index is 2430. The Morgan fingerprint density at radius 1 is 0.621 bits per heavy atom. The van der Waals surface area contributed by atoms with Gasteiger partial charge in [0.25, 0.3) is 0 Å². The lowest BCUT2D eigenvalue weighted by Crippen LogP contribution is -3.00. The fourth-order valence-corrected chi connectivity index (χ4v) is 7.50. The third kappa shape index (κ3) is 9.33. The number of rotatable bonds is 8. The molecule has 8 rings (SSSR count). The van der Waals surface area contributed by atoms with Crippen molar-refractivity contribution in [2.75, 3.05) is 0 Å². The van der Waals surface area contributed by atoms with Crippen LogP contribution in [-0.2, 0) is 28.9 Å². The molecule has 0 heterocycles. The van der Waals surface area contributed by atoms with Gasteiger partial charge in [0.15, 0.2) is 5.54 Å². The number of benzene rings is 6. The Morgan fingerprint density at radius 3 is 1.62 bits per heavy atom. The molecule has 0 aliphatic heterocycles. The van der Waals surface area contributed by atoms with Crippen molar-refractivity contribution in [3.8, 4) is 45.3 Å². The van der Waals surface area contributed by atoms with Gasteiger partial charge in [0.05, 0.1) is 0 Å². The molecule has 58 heavy (non-hydrogen) atoms. The maximum absolute atomic E-state index is 14.3. The molecule has 3 atom stereocenters. The second-order valence-corrected chi connectivity index (χ2v) is 14.3. The van der Waals surface area contributed by atoms with E-state index in [2.05, 4.69) is 11.5 Å². The Kier molecular flexibility index (Phi) is 13.9. The maximum Gasteiger partial charge on any atom is 0.365 e. The molecule has 0 spiro atoms. The normalized spacial score (nSPS) is 17.7. The summed E-state index contributed by atoms with van der Waals surface area (Å²) in [5.41, 5.74) is 13.0. The molecule has 8 nitrogen and oxygen atoms in total. The third-order valence-corrected chi connectivity index (χ3v) is 10.6. The smallest absolute Gasteiger partial charge is 0.365 e. The molecule has 0 bridgehead atoms. The van der Waals surface area contributed by atoms with E-state index < -0.39 is 23.4 Å². The minimum Gasteiger partial charge on any atom is -1.00 e. The van der Waals surface area contributed by atoms with Crippen LogP contribution in [0.25, 0.3) is 22.3 Å². The summed E-state index contributed by atoms with van der Waals surface area (Å²) in [6, 6.07) is 38.7. The second kappa shape index (κ2) is 18.7. The van der Waals surface area contributed by atoms with Crippen molar-refractivity contribution >= 4 is 11.9 Å². The zero-order valence-corrected chi connectivity index (χ0v) is 32.9. The van der Waals surface area contributed by atoms with E-state index in [0.29, 0.717) is 64.5 Å². The van der Waals surface area contributed by atoms with Gasteiger partial charge >= 0.3 is 11.9 Å². The highest BCUT2D eigenvalue weighted by atomic mass is 35.5. The van der Waals surface area contributed by atoms with E-state index in [-0.39, 0.29) is 42.5 Å². The molecule has 300 valence electrons. The minimum absolute atomic E-state index is 0. The van der Waals surface area contributed by atoms with Crippen molar-refractivity contribution in [1.29, 1.82) is 0 Å². The molecule has 0 aromatic heterocycles. The number of para-hydroxylation sites is 2. The van der Waals surface area contributed by atoms with Gasteiger partial charge in [-0.2, -0.15) is 0 Å². The van der Waals surface area contributed by atoms with Crippen molar-refractivity contribution < 1.29 is 74.3 Å². The highest BCUT2D eigenvalue weighted by Gasteiger charge is 2.42. The van der Waals surface area contributed by atoms with Gasteiger partial charge in [-0.15, -0.1) is 0 Å². The van der Waals surface area contributed by atoms with Crippen LogP contribution in [0.15, 0.2) is 133 Å². The van der Waals surface area contributed by atoms with E-state index in [1.54, 1.807) is 60.7 Å². The third-order valence-electron chi connectivity index (χ3n) is 10.6. The van der Waals surface area contributed by atoms with E-state index in [1.807, 2.05) is 60.7 Å². The van der Waals surface area contributed by atoms with Crippen LogP contribution in [0.4, 0.5) is 8.78 Å². The molecule has 6 aromatic carbocycles. The Labute approximate surface area is 347 Å². The Balaban J connectivity index is 0.000000214. The first kappa shape index (κ1) is 43.3. The predicted molar refractivity (Wildman–Crippen MR) is 207 cm³/mol. The lowest BCUT2D eigenvalue weighted by atomic mass is 9.78. The first-order chi connectivity index (χ1) is 27.0. The van der Waals surface area contributed by atoms with E-state index in [1.165, 1.54) is 12.1 Å². The highest BCUT2D eigenvalue weighted by molar-refractivity contribution is 5.79. The number of hydrogen-bond donors (Lipinski definition) is 4. The number of carbonyl (C=O) groups is 2. The van der Waals surface area contributed by atoms with E-state index >= 15 is 0 Å². The van der Waals surface area contributed by atoms with Gasteiger partial charge in [0.2, 0.25) is 0 Å². The Morgan fingerprint density at radius 2 is 1.10 bits per heavy atom. The number of ether oxygens (including phenoxy) is 2. The zero-order chi connectivity index (χ0) is 39.4. The van der Waals surface area contributed by atoms with E-state index in [4.69, 9.17) is 9.47 Å². The second-order valence-electron chi connectivity index (χ2n) is 14.3. The molecule has 3 unspecified atom stereocenters. The summed E-state index contributed by atoms with van der Waals surface area (Å²) in [6.45, 7) is 0. The topological polar surface area (TPSA) is 148 Å². The number of aliphatic carboxylic acids is 2. The molecule has 0 radical (unpaired) electrons. The van der Waals surface area contributed by atoms with Crippen molar-refractivity contribution in [2.24, 2.45) is 0 Å². The summed E-state index contributed by atoms with van der Waals surface area (Å²) in [5, 5.41) is 19.1. The Hall–Kier alpha value is -5.78. The van der Waals surface area contributed by atoms with Crippen molar-refractivity contribution in [1.82, 2.24) is 0 Å². The van der Waals surface area contributed by atoms with Gasteiger partial charge in [-0.1, -0.05) is 84.9 Å². The van der Waals surface area contributed by atoms with Gasteiger partial charge < -0.3 is 56.0 Å². The summed E-state index contributed by atoms with van der Waals surface area (Å²) in [4.78, 5) is 23.3. The van der Waals surface area contributed by atoms with Crippen molar-refractivity contribution in [3.63, 3.8) is 0 Å². The van der Waals surface area contributed by atoms with Crippen LogP contribution in [0.3, 0.4) is 0 Å². The average Bonchev–Trinajstić information content (AvgIpc) is 3.19. The number of carboxylic acid groups (broad SMARTS) is 2. The molecule has 0 saturated carbocycles. The molecule has 2 aliphatic rings. The highest BCUT2D eigenvalue weighted by Crippen LogP contribution is 2.39. The van der Waals surface area contributed by atoms with Gasteiger partial charge in [0, 0.05) is 41.5 Å². The lowest BCUT2D eigenvalue weighted by Gasteiger charge is -2.28. The molecule has 0 amide bonds. The fourth-order valence-electron chi connectivity index (χ4n) is 7.50. The van der Waals surface area contributed by atoms with Crippen LogP contribution in [-0.4, -0.2) is 33.7 Å². The number of hydrogen-bond acceptors (Lipinski definition) is 4. The molecular formula is C46H42Cl2F2N2O6. The average molecular weight is 828 g/mol. The largest absolute Gasteiger partial charge is 1.00 e. The number of aryl methyl sites for hydroxylation is 2. The first-order valence-electron chi connectivity index (χ1n) is 18.4. The minimum atomic E-state index is -1.00. The van der Waals surface area contributed by atoms with Crippen LogP contribution in [0.1, 0.15) is 41.0 Å².